The van der Waals surface area contributed by atoms with Crippen LogP contribution in [0.1, 0.15) is 16.7 Å². The average Bonchev–Trinajstić information content (AvgIpc) is 3.33. The van der Waals surface area contributed by atoms with Crippen LogP contribution in [0.4, 0.5) is 5.69 Å². The molecule has 3 aromatic heterocycles. The third kappa shape index (κ3) is 4.38. The van der Waals surface area contributed by atoms with Gasteiger partial charge in [0, 0.05) is 72.5 Å². The Morgan fingerprint density at radius 1 is 0.730 bits per heavy atom. The second-order valence-electron chi connectivity index (χ2n) is 10.2. The Bertz CT molecular complexity index is 1550. The molecule has 0 amide bonds. The van der Waals surface area contributed by atoms with Gasteiger partial charge in [0.05, 0.1) is 5.69 Å². The van der Waals surface area contributed by atoms with Gasteiger partial charge in [-0.2, -0.15) is 0 Å². The van der Waals surface area contributed by atoms with Crippen LogP contribution < -0.4 is 4.90 Å². The number of aromatic nitrogens is 4. The summed E-state index contributed by atoms with van der Waals surface area (Å²) in [6, 6.07) is 17.4. The van der Waals surface area contributed by atoms with E-state index >= 15 is 0 Å². The quantitative estimate of drug-likeness (QED) is 0.335. The van der Waals surface area contributed by atoms with Crippen LogP contribution in [0.25, 0.3) is 44.5 Å². The number of aromatic amines is 1. The van der Waals surface area contributed by atoms with E-state index in [2.05, 4.69) is 100 Å². The van der Waals surface area contributed by atoms with Gasteiger partial charge in [0.25, 0.3) is 0 Å². The molecule has 0 spiro atoms. The molecule has 6 nitrogen and oxygen atoms in total. The van der Waals surface area contributed by atoms with E-state index in [0.717, 1.165) is 65.2 Å². The Balaban J connectivity index is 1.34. The topological polar surface area (TPSA) is 60.9 Å². The summed E-state index contributed by atoms with van der Waals surface area (Å²) in [5.74, 6) is 0. The third-order valence-corrected chi connectivity index (χ3v) is 7.59. The Labute approximate surface area is 218 Å². The van der Waals surface area contributed by atoms with Gasteiger partial charge < -0.3 is 14.8 Å². The molecule has 1 aliphatic rings. The number of rotatable bonds is 4. The van der Waals surface area contributed by atoms with Gasteiger partial charge in [-0.3, -0.25) is 4.98 Å². The number of benzene rings is 2. The molecule has 0 atom stereocenters. The van der Waals surface area contributed by atoms with Crippen molar-refractivity contribution in [1.82, 2.24) is 25.1 Å². The van der Waals surface area contributed by atoms with Crippen LogP contribution >= 0.6 is 0 Å². The fourth-order valence-electron chi connectivity index (χ4n) is 5.53. The molecule has 0 radical (unpaired) electrons. The van der Waals surface area contributed by atoms with Gasteiger partial charge in [-0.15, -0.1) is 10.2 Å². The highest BCUT2D eigenvalue weighted by Gasteiger charge is 2.19. The Morgan fingerprint density at radius 3 is 2.08 bits per heavy atom. The second-order valence-corrected chi connectivity index (χ2v) is 10.2. The van der Waals surface area contributed by atoms with Crippen molar-refractivity contribution in [2.45, 2.75) is 20.8 Å². The summed E-state index contributed by atoms with van der Waals surface area (Å²) in [4.78, 5) is 12.5. The highest BCUT2D eigenvalue weighted by atomic mass is 15.2. The van der Waals surface area contributed by atoms with E-state index in [1.54, 1.807) is 0 Å². The molecule has 5 aromatic rings. The minimum atomic E-state index is 0.799. The molecular weight excluding hydrogens is 456 g/mol. The molecule has 1 saturated heterocycles. The summed E-state index contributed by atoms with van der Waals surface area (Å²) in [6.07, 6.45) is 5.79. The first kappa shape index (κ1) is 23.4. The zero-order chi connectivity index (χ0) is 25.5. The molecule has 2 aromatic carbocycles. The summed E-state index contributed by atoms with van der Waals surface area (Å²) in [5.41, 5.74) is 12.6. The zero-order valence-electron chi connectivity index (χ0n) is 21.9. The zero-order valence-corrected chi connectivity index (χ0v) is 21.9. The van der Waals surface area contributed by atoms with Crippen LogP contribution in [0.3, 0.4) is 0 Å². The number of anilines is 1. The van der Waals surface area contributed by atoms with Gasteiger partial charge in [-0.05, 0) is 79.9 Å². The van der Waals surface area contributed by atoms with Crippen molar-refractivity contribution in [2.24, 2.45) is 0 Å². The van der Waals surface area contributed by atoms with Crippen molar-refractivity contribution < 1.29 is 0 Å². The summed E-state index contributed by atoms with van der Waals surface area (Å²) >= 11 is 0. The van der Waals surface area contributed by atoms with Crippen LogP contribution in [0, 0.1) is 20.8 Å². The van der Waals surface area contributed by atoms with Crippen LogP contribution in [0.15, 0.2) is 67.1 Å². The van der Waals surface area contributed by atoms with Crippen molar-refractivity contribution in [2.75, 3.05) is 38.1 Å². The maximum Gasteiger partial charge on any atom is 0.160 e. The van der Waals surface area contributed by atoms with Crippen LogP contribution in [-0.2, 0) is 0 Å². The largest absolute Gasteiger partial charge is 0.369 e. The van der Waals surface area contributed by atoms with Gasteiger partial charge in [0.2, 0.25) is 0 Å². The smallest absolute Gasteiger partial charge is 0.160 e. The number of piperazine rings is 1. The maximum atomic E-state index is 4.57. The molecule has 0 bridgehead atoms. The normalized spacial score (nSPS) is 14.4. The van der Waals surface area contributed by atoms with Gasteiger partial charge in [0.1, 0.15) is 0 Å². The van der Waals surface area contributed by atoms with E-state index in [4.69, 9.17) is 0 Å². The van der Waals surface area contributed by atoms with Gasteiger partial charge >= 0.3 is 0 Å². The third-order valence-electron chi connectivity index (χ3n) is 7.59. The number of hydrogen-bond acceptors (Lipinski definition) is 5. The van der Waals surface area contributed by atoms with Crippen LogP contribution in [0.5, 0.6) is 0 Å². The number of likely N-dealkylation sites (N-methyl/N-ethyl adjacent to an activating group) is 1. The lowest BCUT2D eigenvalue weighted by atomic mass is 9.98. The highest BCUT2D eigenvalue weighted by Crippen LogP contribution is 2.34. The number of aryl methyl sites for hydroxylation is 3. The highest BCUT2D eigenvalue weighted by molar-refractivity contribution is 5.95. The lowest BCUT2D eigenvalue weighted by molar-refractivity contribution is 0.312. The molecule has 0 saturated carbocycles. The average molecular weight is 489 g/mol. The first-order valence-corrected chi connectivity index (χ1v) is 12.9. The van der Waals surface area contributed by atoms with Crippen LogP contribution in [0.2, 0.25) is 0 Å². The van der Waals surface area contributed by atoms with Crippen LogP contribution in [-0.4, -0.2) is 58.3 Å². The van der Waals surface area contributed by atoms with Crippen molar-refractivity contribution in [3.05, 3.63) is 83.8 Å². The monoisotopic (exact) mass is 488 g/mol. The number of hydrogen-bond donors (Lipinski definition) is 1. The van der Waals surface area contributed by atoms with Crippen molar-refractivity contribution in [1.29, 1.82) is 0 Å². The Hall–Kier alpha value is -4.03. The molecule has 6 rings (SSSR count). The number of fused-ring (bicyclic) bond motifs is 1. The molecule has 37 heavy (non-hydrogen) atoms. The molecule has 0 aliphatic carbocycles. The molecule has 1 fully saturated rings. The van der Waals surface area contributed by atoms with E-state index in [1.807, 2.05) is 24.7 Å². The molecule has 1 aliphatic heterocycles. The second kappa shape index (κ2) is 9.45. The Morgan fingerprint density at radius 2 is 1.41 bits per heavy atom. The Kier molecular flexibility index (Phi) is 5.97. The fourth-order valence-corrected chi connectivity index (χ4v) is 5.53. The lowest BCUT2D eigenvalue weighted by Gasteiger charge is -2.36. The van der Waals surface area contributed by atoms with Crippen molar-refractivity contribution >= 4 is 16.7 Å². The van der Waals surface area contributed by atoms with Gasteiger partial charge in [0.15, 0.2) is 5.65 Å². The van der Waals surface area contributed by atoms with Crippen molar-refractivity contribution in [3.63, 3.8) is 0 Å². The molecular formula is C31H32N6. The van der Waals surface area contributed by atoms with E-state index in [-0.39, 0.29) is 0 Å². The SMILES string of the molecule is Cc1ccncc1-c1ccc(-c2c[nH]c3nnc(-c4cc(C)c(N5CCN(C)CC5)c(C)c4)cc23)cc1. The van der Waals surface area contributed by atoms with E-state index in [1.165, 1.54) is 27.9 Å². The van der Waals surface area contributed by atoms with E-state index in [9.17, 15) is 0 Å². The van der Waals surface area contributed by atoms with Crippen molar-refractivity contribution in [3.8, 4) is 33.5 Å². The van der Waals surface area contributed by atoms with E-state index in [0.29, 0.717) is 0 Å². The summed E-state index contributed by atoms with van der Waals surface area (Å²) < 4.78 is 0. The number of pyridine rings is 1. The fraction of sp³-hybridized carbons (Fsp3) is 0.258. The van der Waals surface area contributed by atoms with Gasteiger partial charge in [-0.1, -0.05) is 24.3 Å². The number of nitrogens with one attached hydrogen (secondary N) is 1. The molecule has 186 valence electrons. The predicted molar refractivity (Wildman–Crippen MR) is 152 cm³/mol. The number of nitrogens with zero attached hydrogens (tertiary/aromatic N) is 5. The molecule has 0 unspecified atom stereocenters. The molecule has 4 heterocycles. The van der Waals surface area contributed by atoms with Gasteiger partial charge in [-0.25, -0.2) is 0 Å². The predicted octanol–water partition coefficient (Wildman–Crippen LogP) is 6.03. The van der Waals surface area contributed by atoms with E-state index < -0.39 is 0 Å². The minimum absolute atomic E-state index is 0.799. The first-order valence-electron chi connectivity index (χ1n) is 12.9. The number of H-pyrrole nitrogens is 1. The standard InChI is InChI=1S/C31H32N6/c1-20-9-10-32-18-27(20)23-5-7-24(8-6-23)28-19-33-31-26(28)17-29(34-35-31)25-15-21(2)30(22(3)16-25)37-13-11-36(4)12-14-37/h5-10,15-19H,11-14H2,1-4H3,(H,33,35). The summed E-state index contributed by atoms with van der Waals surface area (Å²) in [7, 11) is 2.19. The maximum absolute atomic E-state index is 4.57. The summed E-state index contributed by atoms with van der Waals surface area (Å²) in [6.45, 7) is 10.9. The minimum Gasteiger partial charge on any atom is -0.369 e. The lowest BCUT2D eigenvalue weighted by Crippen LogP contribution is -2.45. The first-order chi connectivity index (χ1) is 18.0. The summed E-state index contributed by atoms with van der Waals surface area (Å²) in [5, 5.41) is 10.2. The molecule has 1 N–H and O–H groups in total. The molecule has 6 heteroatoms.